The summed E-state index contributed by atoms with van der Waals surface area (Å²) in [5, 5.41) is 3.36. The molecule has 0 bridgehead atoms. The normalized spacial score (nSPS) is 20.7. The van der Waals surface area contributed by atoms with Crippen molar-refractivity contribution in [3.8, 4) is 0 Å². The molecular formula is C13H21N3O. The van der Waals surface area contributed by atoms with Gasteiger partial charge in [-0.3, -0.25) is 4.98 Å². The highest BCUT2D eigenvalue weighted by Gasteiger charge is 2.13. The zero-order chi connectivity index (χ0) is 11.9. The van der Waals surface area contributed by atoms with Gasteiger partial charge in [0.25, 0.3) is 0 Å². The molecular weight excluding hydrogens is 214 g/mol. The van der Waals surface area contributed by atoms with Crippen LogP contribution in [0.15, 0.2) is 24.5 Å². The van der Waals surface area contributed by atoms with E-state index in [2.05, 4.69) is 34.4 Å². The highest BCUT2D eigenvalue weighted by Crippen LogP contribution is 2.05. The number of morpholine rings is 1. The fraction of sp³-hybridized carbons (Fsp3) is 0.615. The van der Waals surface area contributed by atoms with Crippen LogP contribution >= 0.6 is 0 Å². The van der Waals surface area contributed by atoms with Crippen LogP contribution in [0, 0.1) is 0 Å². The number of hydrogen-bond acceptors (Lipinski definition) is 4. The van der Waals surface area contributed by atoms with Gasteiger partial charge in [0.15, 0.2) is 0 Å². The van der Waals surface area contributed by atoms with Gasteiger partial charge in [0.2, 0.25) is 0 Å². The summed E-state index contributed by atoms with van der Waals surface area (Å²) in [6.07, 6.45) is 5.16. The third kappa shape index (κ3) is 4.42. The summed E-state index contributed by atoms with van der Waals surface area (Å²) in [7, 11) is 2.15. The molecule has 0 spiro atoms. The maximum Gasteiger partial charge on any atom is 0.0712 e. The molecule has 2 heterocycles. The summed E-state index contributed by atoms with van der Waals surface area (Å²) in [5.74, 6) is 0. The molecule has 4 nitrogen and oxygen atoms in total. The van der Waals surface area contributed by atoms with Crippen LogP contribution in [0.4, 0.5) is 0 Å². The van der Waals surface area contributed by atoms with E-state index in [4.69, 9.17) is 4.74 Å². The van der Waals surface area contributed by atoms with Gasteiger partial charge in [-0.2, -0.15) is 0 Å². The average Bonchev–Trinajstić information content (AvgIpc) is 2.39. The molecule has 1 aromatic heterocycles. The van der Waals surface area contributed by atoms with Crippen molar-refractivity contribution in [2.45, 2.75) is 19.1 Å². The molecule has 2 rings (SSSR count). The molecule has 1 saturated heterocycles. The van der Waals surface area contributed by atoms with Crippen molar-refractivity contribution in [3.05, 3.63) is 30.1 Å². The van der Waals surface area contributed by atoms with E-state index in [9.17, 15) is 0 Å². The Bertz CT molecular complexity index is 312. The smallest absolute Gasteiger partial charge is 0.0712 e. The minimum atomic E-state index is 0.378. The molecule has 0 aromatic carbocycles. The third-order valence-corrected chi connectivity index (χ3v) is 3.04. The molecule has 17 heavy (non-hydrogen) atoms. The first-order valence-electron chi connectivity index (χ1n) is 6.24. The van der Waals surface area contributed by atoms with Gasteiger partial charge in [0.1, 0.15) is 0 Å². The summed E-state index contributed by atoms with van der Waals surface area (Å²) in [4.78, 5) is 6.35. The largest absolute Gasteiger partial charge is 0.376 e. The summed E-state index contributed by atoms with van der Waals surface area (Å²) in [6.45, 7) is 4.86. The fourth-order valence-corrected chi connectivity index (χ4v) is 2.05. The number of hydrogen-bond donors (Lipinski definition) is 1. The number of nitrogens with one attached hydrogen (secondary N) is 1. The number of aromatic nitrogens is 1. The third-order valence-electron chi connectivity index (χ3n) is 3.04. The molecule has 0 aliphatic carbocycles. The monoisotopic (exact) mass is 235 g/mol. The van der Waals surface area contributed by atoms with Gasteiger partial charge in [-0.15, -0.1) is 0 Å². The van der Waals surface area contributed by atoms with E-state index in [-0.39, 0.29) is 0 Å². The van der Waals surface area contributed by atoms with Crippen LogP contribution in [0.5, 0.6) is 0 Å². The maximum atomic E-state index is 5.68. The molecule has 1 unspecified atom stereocenters. The predicted molar refractivity (Wildman–Crippen MR) is 67.8 cm³/mol. The van der Waals surface area contributed by atoms with Crippen molar-refractivity contribution < 1.29 is 4.74 Å². The topological polar surface area (TPSA) is 37.4 Å². The van der Waals surface area contributed by atoms with Gasteiger partial charge in [0, 0.05) is 38.6 Å². The van der Waals surface area contributed by atoms with Gasteiger partial charge in [-0.25, -0.2) is 0 Å². The predicted octanol–water partition coefficient (Wildman–Crippen LogP) is 0.892. The Morgan fingerprint density at radius 1 is 1.47 bits per heavy atom. The van der Waals surface area contributed by atoms with E-state index in [1.54, 1.807) is 0 Å². The van der Waals surface area contributed by atoms with Gasteiger partial charge < -0.3 is 15.0 Å². The zero-order valence-electron chi connectivity index (χ0n) is 10.4. The molecule has 0 amide bonds. The van der Waals surface area contributed by atoms with Crippen LogP contribution in [0.3, 0.4) is 0 Å². The first-order chi connectivity index (χ1) is 8.34. The van der Waals surface area contributed by atoms with Crippen molar-refractivity contribution in [1.82, 2.24) is 15.2 Å². The van der Waals surface area contributed by atoms with Gasteiger partial charge in [-0.1, -0.05) is 0 Å². The van der Waals surface area contributed by atoms with Crippen molar-refractivity contribution in [1.29, 1.82) is 0 Å². The molecule has 4 heteroatoms. The zero-order valence-corrected chi connectivity index (χ0v) is 10.4. The molecule has 1 N–H and O–H groups in total. The number of ether oxygens (including phenoxy) is 1. The van der Waals surface area contributed by atoms with Crippen LogP contribution in [0.25, 0.3) is 0 Å². The second kappa shape index (κ2) is 6.69. The van der Waals surface area contributed by atoms with Gasteiger partial charge >= 0.3 is 0 Å². The summed E-state index contributed by atoms with van der Waals surface area (Å²) < 4.78 is 5.68. The van der Waals surface area contributed by atoms with Crippen molar-refractivity contribution in [2.24, 2.45) is 0 Å². The Balaban J connectivity index is 1.68. The Morgan fingerprint density at radius 3 is 3.00 bits per heavy atom. The second-order valence-electron chi connectivity index (χ2n) is 4.58. The Kier molecular flexibility index (Phi) is 4.91. The SMILES string of the molecule is CN(CCC1CNCCO1)Cc1ccncc1. The van der Waals surface area contributed by atoms with E-state index in [0.717, 1.165) is 39.2 Å². The minimum absolute atomic E-state index is 0.378. The molecule has 0 saturated carbocycles. The standard InChI is InChI=1S/C13H21N3O/c1-16(11-12-2-5-14-6-3-12)8-4-13-10-15-7-9-17-13/h2-3,5-6,13,15H,4,7-11H2,1H3. The number of nitrogens with zero attached hydrogens (tertiary/aromatic N) is 2. The van der Waals surface area contributed by atoms with Gasteiger partial charge in [-0.05, 0) is 31.2 Å². The van der Waals surface area contributed by atoms with Crippen molar-refractivity contribution >= 4 is 0 Å². The molecule has 1 aromatic rings. The summed E-state index contributed by atoms with van der Waals surface area (Å²) >= 11 is 0. The van der Waals surface area contributed by atoms with E-state index in [0.29, 0.717) is 6.10 Å². The quantitative estimate of drug-likeness (QED) is 0.822. The van der Waals surface area contributed by atoms with E-state index in [1.165, 1.54) is 5.56 Å². The van der Waals surface area contributed by atoms with Crippen molar-refractivity contribution in [3.63, 3.8) is 0 Å². The number of rotatable bonds is 5. The van der Waals surface area contributed by atoms with E-state index in [1.807, 2.05) is 12.4 Å². The lowest BCUT2D eigenvalue weighted by molar-refractivity contribution is 0.0184. The average molecular weight is 235 g/mol. The maximum absolute atomic E-state index is 5.68. The van der Waals surface area contributed by atoms with Crippen molar-refractivity contribution in [2.75, 3.05) is 33.3 Å². The van der Waals surface area contributed by atoms with Gasteiger partial charge in [0.05, 0.1) is 12.7 Å². The Hall–Kier alpha value is -0.970. The van der Waals surface area contributed by atoms with E-state index < -0.39 is 0 Å². The van der Waals surface area contributed by atoms with E-state index >= 15 is 0 Å². The lowest BCUT2D eigenvalue weighted by atomic mass is 10.2. The summed E-state index contributed by atoms with van der Waals surface area (Å²) in [6, 6.07) is 4.13. The minimum Gasteiger partial charge on any atom is -0.376 e. The highest BCUT2D eigenvalue weighted by atomic mass is 16.5. The second-order valence-corrected chi connectivity index (χ2v) is 4.58. The van der Waals surface area contributed by atoms with Crippen LogP contribution in [0.1, 0.15) is 12.0 Å². The number of pyridine rings is 1. The highest BCUT2D eigenvalue weighted by molar-refractivity contribution is 5.09. The Morgan fingerprint density at radius 2 is 2.29 bits per heavy atom. The molecule has 0 radical (unpaired) electrons. The molecule has 1 aliphatic rings. The summed E-state index contributed by atoms with van der Waals surface area (Å²) in [5.41, 5.74) is 1.31. The van der Waals surface area contributed by atoms with Crippen LogP contribution in [-0.4, -0.2) is 49.3 Å². The molecule has 1 aliphatic heterocycles. The van der Waals surface area contributed by atoms with Crippen LogP contribution < -0.4 is 5.32 Å². The Labute approximate surface area is 103 Å². The lowest BCUT2D eigenvalue weighted by Gasteiger charge is -2.25. The fourth-order valence-electron chi connectivity index (χ4n) is 2.05. The van der Waals surface area contributed by atoms with Crippen LogP contribution in [0.2, 0.25) is 0 Å². The lowest BCUT2D eigenvalue weighted by Crippen LogP contribution is -2.40. The van der Waals surface area contributed by atoms with Crippen LogP contribution in [-0.2, 0) is 11.3 Å². The molecule has 1 fully saturated rings. The first-order valence-corrected chi connectivity index (χ1v) is 6.24. The molecule has 1 atom stereocenters. The first kappa shape index (κ1) is 12.5. The molecule has 94 valence electrons.